The van der Waals surface area contributed by atoms with Crippen molar-refractivity contribution >= 4 is 29.4 Å². The number of anilines is 1. The van der Waals surface area contributed by atoms with Crippen molar-refractivity contribution in [3.63, 3.8) is 0 Å². The van der Waals surface area contributed by atoms with E-state index >= 15 is 0 Å². The first-order valence-corrected chi connectivity index (χ1v) is 5.42. The number of nitrogens with one attached hydrogen (secondary N) is 1. The molecule has 1 unspecified atom stereocenters. The third kappa shape index (κ3) is 2.63. The topological polar surface area (TPSA) is 92.3 Å². The molecule has 0 aliphatic rings. The molecule has 1 heterocycles. The summed E-state index contributed by atoms with van der Waals surface area (Å²) in [5.41, 5.74) is -0.0810. The molecule has 1 aromatic heterocycles. The van der Waals surface area contributed by atoms with Crippen molar-refractivity contribution in [2.45, 2.75) is 19.2 Å². The summed E-state index contributed by atoms with van der Waals surface area (Å²) in [5.74, 6) is -1.14. The highest BCUT2D eigenvalue weighted by Crippen LogP contribution is 2.27. The number of nitrogens with zero attached hydrogens (tertiary/aromatic N) is 1. The predicted octanol–water partition coefficient (Wildman–Crippen LogP) is 1.81. The number of nitriles is 1. The van der Waals surface area contributed by atoms with Crippen LogP contribution in [0.25, 0.3) is 0 Å². The van der Waals surface area contributed by atoms with Gasteiger partial charge in [0.05, 0.1) is 7.11 Å². The van der Waals surface area contributed by atoms with Gasteiger partial charge in [-0.1, -0.05) is 0 Å². The maximum absolute atomic E-state index is 11.5. The summed E-state index contributed by atoms with van der Waals surface area (Å²) < 4.78 is 9.70. The van der Waals surface area contributed by atoms with Crippen LogP contribution in [-0.2, 0) is 9.53 Å². The zero-order chi connectivity index (χ0) is 13.9. The number of alkyl halides is 1. The number of carbonyl (C=O) groups is 2. The average molecular weight is 271 g/mol. The number of rotatable bonds is 3. The number of hydrogen-bond acceptors (Lipinski definition) is 5. The van der Waals surface area contributed by atoms with Crippen LogP contribution < -0.4 is 5.32 Å². The minimum atomic E-state index is -0.788. The van der Waals surface area contributed by atoms with Crippen molar-refractivity contribution in [2.75, 3.05) is 12.4 Å². The van der Waals surface area contributed by atoms with Crippen LogP contribution in [0.3, 0.4) is 0 Å². The second-order valence-electron chi connectivity index (χ2n) is 3.45. The molecule has 1 atom stereocenters. The summed E-state index contributed by atoms with van der Waals surface area (Å²) in [7, 11) is 1.19. The molecular formula is C11H11ClN2O4. The molecule has 1 rings (SSSR count). The molecule has 0 aliphatic heterocycles. The number of amides is 1. The Bertz CT molecular complexity index is 528. The lowest BCUT2D eigenvalue weighted by atomic mass is 10.1. The van der Waals surface area contributed by atoms with E-state index in [0.717, 1.165) is 0 Å². The van der Waals surface area contributed by atoms with Gasteiger partial charge in [0, 0.05) is 0 Å². The number of halogens is 1. The van der Waals surface area contributed by atoms with E-state index in [0.29, 0.717) is 0 Å². The van der Waals surface area contributed by atoms with Gasteiger partial charge in [-0.2, -0.15) is 5.26 Å². The van der Waals surface area contributed by atoms with E-state index in [1.165, 1.54) is 21.0 Å². The lowest BCUT2D eigenvalue weighted by Crippen LogP contribution is -2.20. The number of hydrogen-bond donors (Lipinski definition) is 1. The van der Waals surface area contributed by atoms with Gasteiger partial charge in [0.2, 0.25) is 11.8 Å². The fraction of sp³-hybridized carbons (Fsp3) is 0.364. The summed E-state index contributed by atoms with van der Waals surface area (Å²) in [4.78, 5) is 22.9. The molecule has 6 nitrogen and oxygen atoms in total. The highest BCUT2D eigenvalue weighted by atomic mass is 35.5. The third-order valence-corrected chi connectivity index (χ3v) is 2.38. The first kappa shape index (κ1) is 14.1. The van der Waals surface area contributed by atoms with Gasteiger partial charge in [-0.3, -0.25) is 10.1 Å². The van der Waals surface area contributed by atoms with Gasteiger partial charge >= 0.3 is 5.97 Å². The lowest BCUT2D eigenvalue weighted by Gasteiger charge is -2.03. The minimum absolute atomic E-state index is 0.00229. The molecule has 0 spiro atoms. The second-order valence-corrected chi connectivity index (χ2v) is 4.10. The molecule has 0 aromatic carbocycles. The summed E-state index contributed by atoms with van der Waals surface area (Å²) in [6, 6.07) is 1.79. The minimum Gasteiger partial charge on any atom is -0.465 e. The molecule has 0 saturated carbocycles. The molecule has 0 fully saturated rings. The van der Waals surface area contributed by atoms with Crippen molar-refractivity contribution in [3.8, 4) is 6.07 Å². The first-order chi connectivity index (χ1) is 8.42. The molecule has 1 N–H and O–H groups in total. The number of ether oxygens (including phenoxy) is 1. The van der Waals surface area contributed by atoms with Crippen molar-refractivity contribution in [1.29, 1.82) is 5.26 Å². The normalized spacial score (nSPS) is 11.5. The number of methoxy groups -OCH3 is 1. The first-order valence-electron chi connectivity index (χ1n) is 4.99. The van der Waals surface area contributed by atoms with Crippen LogP contribution in [0.1, 0.15) is 28.6 Å². The molecule has 18 heavy (non-hydrogen) atoms. The third-order valence-electron chi connectivity index (χ3n) is 2.18. The monoisotopic (exact) mass is 270 g/mol. The van der Waals surface area contributed by atoms with Gasteiger partial charge in [-0.25, -0.2) is 4.79 Å². The Morgan fingerprint density at radius 2 is 2.17 bits per heavy atom. The summed E-state index contributed by atoms with van der Waals surface area (Å²) in [6.07, 6.45) is 0. The molecule has 0 aliphatic carbocycles. The van der Waals surface area contributed by atoms with E-state index in [2.05, 4.69) is 10.1 Å². The van der Waals surface area contributed by atoms with Gasteiger partial charge in [0.15, 0.2) is 0 Å². The lowest BCUT2D eigenvalue weighted by molar-refractivity contribution is -0.115. The van der Waals surface area contributed by atoms with Gasteiger partial charge in [0.25, 0.3) is 0 Å². The van der Waals surface area contributed by atoms with Gasteiger partial charge in [-0.15, -0.1) is 11.6 Å². The summed E-state index contributed by atoms with van der Waals surface area (Å²) in [5, 5.41) is 10.6. The van der Waals surface area contributed by atoms with Crippen LogP contribution in [0.15, 0.2) is 4.42 Å². The Morgan fingerprint density at radius 3 is 2.61 bits per heavy atom. The van der Waals surface area contributed by atoms with Gasteiger partial charge in [0.1, 0.15) is 28.3 Å². The van der Waals surface area contributed by atoms with Crippen LogP contribution in [0, 0.1) is 18.3 Å². The maximum Gasteiger partial charge on any atom is 0.342 e. The Morgan fingerprint density at radius 1 is 1.56 bits per heavy atom. The standard InChI is InChI=1S/C11H11ClN2O4/c1-5(12)9(15)14-10-7(4-13)8(6(2)18-10)11(16)17-3/h5H,1-3H3,(H,14,15). The van der Waals surface area contributed by atoms with Crippen molar-refractivity contribution in [1.82, 2.24) is 0 Å². The second kappa shape index (κ2) is 5.56. The quantitative estimate of drug-likeness (QED) is 0.668. The van der Waals surface area contributed by atoms with E-state index in [-0.39, 0.29) is 22.8 Å². The van der Waals surface area contributed by atoms with Crippen molar-refractivity contribution in [3.05, 3.63) is 16.9 Å². The number of esters is 1. The Balaban J connectivity index is 3.20. The van der Waals surface area contributed by atoms with Crippen LogP contribution in [0.2, 0.25) is 0 Å². The van der Waals surface area contributed by atoms with E-state index in [4.69, 9.17) is 21.3 Å². The van der Waals surface area contributed by atoms with E-state index in [1.807, 2.05) is 0 Å². The van der Waals surface area contributed by atoms with Crippen LogP contribution in [0.5, 0.6) is 0 Å². The fourth-order valence-electron chi connectivity index (χ4n) is 1.30. The maximum atomic E-state index is 11.5. The Hall–Kier alpha value is -2.00. The summed E-state index contributed by atoms with van der Waals surface area (Å²) >= 11 is 5.58. The van der Waals surface area contributed by atoms with E-state index in [1.54, 1.807) is 6.07 Å². The number of aryl methyl sites for hydroxylation is 1. The van der Waals surface area contributed by atoms with Gasteiger partial charge < -0.3 is 9.15 Å². The molecule has 0 bridgehead atoms. The zero-order valence-electron chi connectivity index (χ0n) is 10.0. The molecule has 0 radical (unpaired) electrons. The van der Waals surface area contributed by atoms with Crippen LogP contribution in [-0.4, -0.2) is 24.4 Å². The summed E-state index contributed by atoms with van der Waals surface area (Å²) in [6.45, 7) is 2.97. The average Bonchev–Trinajstić information content (AvgIpc) is 2.63. The molecule has 1 amide bonds. The molecule has 7 heteroatoms. The highest BCUT2D eigenvalue weighted by molar-refractivity contribution is 6.32. The van der Waals surface area contributed by atoms with Crippen molar-refractivity contribution in [2.24, 2.45) is 0 Å². The smallest absolute Gasteiger partial charge is 0.342 e. The predicted molar refractivity (Wildman–Crippen MR) is 63.4 cm³/mol. The van der Waals surface area contributed by atoms with Crippen LogP contribution >= 0.6 is 11.6 Å². The zero-order valence-corrected chi connectivity index (χ0v) is 10.8. The number of carbonyl (C=O) groups excluding carboxylic acids is 2. The number of furan rings is 1. The Kier molecular flexibility index (Phi) is 4.34. The highest BCUT2D eigenvalue weighted by Gasteiger charge is 2.25. The molecular weight excluding hydrogens is 260 g/mol. The van der Waals surface area contributed by atoms with Gasteiger partial charge in [-0.05, 0) is 13.8 Å². The van der Waals surface area contributed by atoms with E-state index in [9.17, 15) is 9.59 Å². The van der Waals surface area contributed by atoms with Crippen LogP contribution in [0.4, 0.5) is 5.88 Å². The van der Waals surface area contributed by atoms with Crippen molar-refractivity contribution < 1.29 is 18.7 Å². The van der Waals surface area contributed by atoms with E-state index < -0.39 is 17.3 Å². The fourth-order valence-corrected chi connectivity index (χ4v) is 1.35. The molecule has 0 saturated heterocycles. The largest absolute Gasteiger partial charge is 0.465 e. The Labute approximate surface area is 108 Å². The SMILES string of the molecule is COC(=O)c1c(C)oc(NC(=O)C(C)Cl)c1C#N. The molecule has 96 valence electrons. The molecule has 1 aromatic rings.